The van der Waals surface area contributed by atoms with Crippen LogP contribution in [0.5, 0.6) is 0 Å². The molecule has 0 aliphatic carbocycles. The summed E-state index contributed by atoms with van der Waals surface area (Å²) in [4.78, 5) is 0. The topological polar surface area (TPSA) is 0 Å². The minimum absolute atomic E-state index is 0.406. The van der Waals surface area contributed by atoms with Crippen molar-refractivity contribution in [3.8, 4) is 0 Å². The van der Waals surface area contributed by atoms with Crippen LogP contribution in [0.25, 0.3) is 0 Å². The fraction of sp³-hybridized carbons (Fsp3) is 0.667. The molecule has 0 radical (unpaired) electrons. The Kier molecular flexibility index (Phi) is 11.8. The smallest absolute Gasteiger partial charge is 0.0288 e. The number of rotatable bonds is 10. The number of allylic oxidation sites excluding steroid dienone is 8. The Morgan fingerprint density at radius 2 is 0.958 bits per heavy atom. The molecule has 0 bridgehead atoms. The van der Waals surface area contributed by atoms with Gasteiger partial charge in [-0.1, -0.05) is 67.4 Å². The highest BCUT2D eigenvalue weighted by molar-refractivity contribution is 5.07. The Morgan fingerprint density at radius 3 is 1.33 bits per heavy atom. The quantitative estimate of drug-likeness (QED) is 0.352. The van der Waals surface area contributed by atoms with Crippen molar-refractivity contribution in [2.45, 2.75) is 100 Å². The molecule has 0 heteroatoms. The molecule has 0 atom stereocenters. The molecule has 0 rings (SSSR count). The first-order valence-electron chi connectivity index (χ1n) is 9.70. The molecule has 0 N–H and O–H groups in total. The van der Waals surface area contributed by atoms with Crippen LogP contribution in [-0.4, -0.2) is 0 Å². The van der Waals surface area contributed by atoms with Crippen LogP contribution in [0.3, 0.4) is 0 Å². The van der Waals surface area contributed by atoms with Crippen molar-refractivity contribution < 1.29 is 0 Å². The van der Waals surface area contributed by atoms with E-state index in [1.807, 2.05) is 0 Å². The minimum Gasteiger partial charge on any atom is -0.0856 e. The van der Waals surface area contributed by atoms with Crippen LogP contribution in [0.15, 0.2) is 46.6 Å². The van der Waals surface area contributed by atoms with Crippen molar-refractivity contribution in [1.82, 2.24) is 0 Å². The molecule has 0 aliphatic rings. The van der Waals surface area contributed by atoms with Crippen molar-refractivity contribution in [3.63, 3.8) is 0 Å². The maximum Gasteiger partial charge on any atom is -0.0288 e. The fourth-order valence-corrected chi connectivity index (χ4v) is 2.47. The highest BCUT2D eigenvalue weighted by Crippen LogP contribution is 2.21. The van der Waals surface area contributed by atoms with Gasteiger partial charge in [0.2, 0.25) is 0 Å². The van der Waals surface area contributed by atoms with Crippen LogP contribution in [-0.2, 0) is 0 Å². The Bertz CT molecular complexity index is 457. The molecule has 0 unspecified atom stereocenters. The van der Waals surface area contributed by atoms with Gasteiger partial charge in [0.25, 0.3) is 0 Å². The highest BCUT2D eigenvalue weighted by Gasteiger charge is 2.07. The van der Waals surface area contributed by atoms with Gasteiger partial charge in [0.1, 0.15) is 0 Å². The summed E-state index contributed by atoms with van der Waals surface area (Å²) in [7, 11) is 0. The van der Waals surface area contributed by atoms with Crippen LogP contribution in [0, 0.1) is 5.41 Å². The molecule has 0 amide bonds. The van der Waals surface area contributed by atoms with Gasteiger partial charge in [-0.15, -0.1) is 0 Å². The highest BCUT2D eigenvalue weighted by atomic mass is 14.1. The molecule has 0 fully saturated rings. The van der Waals surface area contributed by atoms with Gasteiger partial charge in [-0.25, -0.2) is 0 Å². The summed E-state index contributed by atoms with van der Waals surface area (Å²) in [6, 6.07) is 0. The third-order valence-corrected chi connectivity index (χ3v) is 4.22. The van der Waals surface area contributed by atoms with E-state index in [1.165, 1.54) is 67.2 Å². The van der Waals surface area contributed by atoms with Crippen molar-refractivity contribution in [3.05, 3.63) is 46.6 Å². The van der Waals surface area contributed by atoms with Gasteiger partial charge in [-0.2, -0.15) is 0 Å². The van der Waals surface area contributed by atoms with Crippen LogP contribution < -0.4 is 0 Å². The lowest BCUT2D eigenvalue weighted by molar-refractivity contribution is 0.419. The Morgan fingerprint density at radius 1 is 0.583 bits per heavy atom. The van der Waals surface area contributed by atoms with Gasteiger partial charge in [-0.3, -0.25) is 0 Å². The van der Waals surface area contributed by atoms with E-state index in [0.717, 1.165) is 0 Å². The van der Waals surface area contributed by atoms with E-state index in [-0.39, 0.29) is 0 Å². The average molecular weight is 331 g/mol. The van der Waals surface area contributed by atoms with E-state index in [4.69, 9.17) is 0 Å². The fourth-order valence-electron chi connectivity index (χ4n) is 2.47. The van der Waals surface area contributed by atoms with E-state index in [2.05, 4.69) is 79.7 Å². The lowest BCUT2D eigenvalue weighted by Crippen LogP contribution is -2.02. The van der Waals surface area contributed by atoms with E-state index in [0.29, 0.717) is 5.41 Å². The molecule has 138 valence electrons. The van der Waals surface area contributed by atoms with Gasteiger partial charge < -0.3 is 0 Å². The predicted molar refractivity (Wildman–Crippen MR) is 112 cm³/mol. The Labute approximate surface area is 152 Å². The summed E-state index contributed by atoms with van der Waals surface area (Å²) in [6.07, 6.45) is 17.9. The molecule has 0 aromatic carbocycles. The largest absolute Gasteiger partial charge is 0.0856 e. The molecule has 0 spiro atoms. The van der Waals surface area contributed by atoms with Crippen molar-refractivity contribution in [1.29, 1.82) is 0 Å². The molecule has 0 saturated carbocycles. The van der Waals surface area contributed by atoms with Crippen LogP contribution >= 0.6 is 0 Å². The monoisotopic (exact) mass is 330 g/mol. The van der Waals surface area contributed by atoms with Gasteiger partial charge in [0.05, 0.1) is 0 Å². The van der Waals surface area contributed by atoms with Gasteiger partial charge in [0, 0.05) is 0 Å². The molecule has 24 heavy (non-hydrogen) atoms. The zero-order chi connectivity index (χ0) is 18.6. The Balaban J connectivity index is 4.05. The van der Waals surface area contributed by atoms with E-state index in [1.54, 1.807) is 0 Å². The second-order valence-electron chi connectivity index (χ2n) is 8.81. The molecule has 0 nitrogen and oxygen atoms in total. The van der Waals surface area contributed by atoms with Gasteiger partial charge >= 0.3 is 0 Å². The van der Waals surface area contributed by atoms with E-state index in [9.17, 15) is 0 Å². The normalized spacial score (nSPS) is 14.1. The van der Waals surface area contributed by atoms with Gasteiger partial charge in [-0.05, 0) is 85.0 Å². The zero-order valence-corrected chi connectivity index (χ0v) is 17.8. The third-order valence-electron chi connectivity index (χ3n) is 4.22. The summed E-state index contributed by atoms with van der Waals surface area (Å²) in [6.45, 7) is 18.1. The molecule has 0 aromatic heterocycles. The van der Waals surface area contributed by atoms with E-state index >= 15 is 0 Å². The van der Waals surface area contributed by atoms with Crippen LogP contribution in [0.2, 0.25) is 0 Å². The van der Waals surface area contributed by atoms with Crippen LogP contribution in [0.4, 0.5) is 0 Å². The molecule has 0 aliphatic heterocycles. The predicted octanol–water partition coefficient (Wildman–Crippen LogP) is 8.57. The summed E-state index contributed by atoms with van der Waals surface area (Å²) >= 11 is 0. The summed E-state index contributed by atoms with van der Waals surface area (Å²) < 4.78 is 0. The summed E-state index contributed by atoms with van der Waals surface area (Å²) in [5, 5.41) is 0. The zero-order valence-electron chi connectivity index (χ0n) is 17.8. The Hall–Kier alpha value is -1.04. The molecular formula is C24H42. The van der Waals surface area contributed by atoms with Crippen molar-refractivity contribution in [2.24, 2.45) is 5.41 Å². The van der Waals surface area contributed by atoms with E-state index < -0.39 is 0 Å². The average Bonchev–Trinajstić information content (AvgIpc) is 2.44. The maximum absolute atomic E-state index is 2.43. The second kappa shape index (κ2) is 12.3. The first-order chi connectivity index (χ1) is 11.1. The minimum atomic E-state index is 0.406. The summed E-state index contributed by atoms with van der Waals surface area (Å²) in [5.41, 5.74) is 6.42. The summed E-state index contributed by atoms with van der Waals surface area (Å²) in [5.74, 6) is 0. The number of hydrogen-bond donors (Lipinski definition) is 0. The van der Waals surface area contributed by atoms with Crippen molar-refractivity contribution >= 4 is 0 Å². The third kappa shape index (κ3) is 15.8. The molecule has 0 saturated heterocycles. The first-order valence-corrected chi connectivity index (χ1v) is 9.70. The molecular weight excluding hydrogens is 288 g/mol. The molecule has 0 aromatic rings. The number of hydrogen-bond acceptors (Lipinski definition) is 0. The second-order valence-corrected chi connectivity index (χ2v) is 8.81. The lowest BCUT2D eigenvalue weighted by Gasteiger charge is -2.15. The first kappa shape index (κ1) is 23.0. The standard InChI is InChI=1S/C24H42/c1-20(2)12-9-13-21(3)14-10-15-22(4)16-11-17-23(5)18-19-24(6,7)8/h12,14,16,18H,9-11,13,15,17,19H2,1-8H3/b21-14-,22-16-,23-18-. The van der Waals surface area contributed by atoms with Crippen molar-refractivity contribution in [2.75, 3.05) is 0 Å². The SMILES string of the molecule is CC(C)=CCC/C(C)=C\CC/C(C)=C\CC/C(C)=C\CC(C)(C)C. The van der Waals surface area contributed by atoms with Crippen LogP contribution in [0.1, 0.15) is 100 Å². The molecule has 0 heterocycles. The lowest BCUT2D eigenvalue weighted by atomic mass is 9.91. The van der Waals surface area contributed by atoms with Gasteiger partial charge in [0.15, 0.2) is 0 Å². The maximum atomic E-state index is 2.43.